The van der Waals surface area contributed by atoms with Crippen LogP contribution in [0.25, 0.3) is 0 Å². The molecule has 1 aromatic rings. The third kappa shape index (κ3) is 2.68. The number of benzene rings is 1. The number of likely N-dealkylation sites (tertiary alicyclic amines) is 1. The van der Waals surface area contributed by atoms with Crippen molar-refractivity contribution >= 4 is 11.6 Å². The number of hydrogen-bond acceptors (Lipinski definition) is 2. The van der Waals surface area contributed by atoms with Crippen LogP contribution in [-0.4, -0.2) is 23.5 Å². The van der Waals surface area contributed by atoms with Crippen LogP contribution in [0.5, 0.6) is 0 Å². The topological polar surface area (TPSA) is 27.0 Å². The van der Waals surface area contributed by atoms with Crippen molar-refractivity contribution < 1.29 is 0 Å². The summed E-state index contributed by atoms with van der Waals surface area (Å²) in [7, 11) is 0. The first kappa shape index (κ1) is 13.4. The van der Waals surface area contributed by atoms with E-state index in [0.717, 1.165) is 18.1 Å². The van der Waals surface area contributed by atoms with Crippen LogP contribution in [0.1, 0.15) is 32.3 Å². The quantitative estimate of drug-likeness (QED) is 0.772. The number of hydrogen-bond donors (Lipinski definition) is 0. The Labute approximate surface area is 114 Å². The normalized spacial score (nSPS) is 25.1. The van der Waals surface area contributed by atoms with Gasteiger partial charge in [0.25, 0.3) is 0 Å². The minimum absolute atomic E-state index is 0.0744. The molecule has 1 saturated heterocycles. The van der Waals surface area contributed by atoms with Gasteiger partial charge in [-0.25, -0.2) is 0 Å². The lowest BCUT2D eigenvalue weighted by Crippen LogP contribution is -2.39. The number of rotatable bonds is 1. The first-order valence-corrected chi connectivity index (χ1v) is 6.70. The van der Waals surface area contributed by atoms with Gasteiger partial charge < -0.3 is 0 Å². The fourth-order valence-electron chi connectivity index (χ4n) is 2.53. The second-order valence-electron chi connectivity index (χ2n) is 5.97. The molecule has 2 nitrogen and oxygen atoms in total. The molecule has 0 N–H and O–H groups in total. The van der Waals surface area contributed by atoms with E-state index in [1.165, 1.54) is 5.56 Å². The molecule has 3 heteroatoms. The molecule has 0 spiro atoms. The van der Waals surface area contributed by atoms with Crippen molar-refractivity contribution in [1.82, 2.24) is 4.90 Å². The Morgan fingerprint density at radius 2 is 1.83 bits per heavy atom. The molecular formula is C15H19ClN2. The number of nitriles is 1. The van der Waals surface area contributed by atoms with E-state index in [0.29, 0.717) is 5.92 Å². The zero-order valence-electron chi connectivity index (χ0n) is 11.2. The molecular weight excluding hydrogens is 244 g/mol. The lowest BCUT2D eigenvalue weighted by molar-refractivity contribution is 0.170. The molecule has 96 valence electrons. The molecule has 1 unspecified atom stereocenters. The lowest BCUT2D eigenvalue weighted by Gasteiger charge is -2.31. The van der Waals surface area contributed by atoms with E-state index in [9.17, 15) is 5.26 Å². The van der Waals surface area contributed by atoms with Gasteiger partial charge in [-0.05, 0) is 38.5 Å². The summed E-state index contributed by atoms with van der Waals surface area (Å²) in [5.74, 6) is 0.372. The molecule has 0 saturated carbocycles. The second-order valence-corrected chi connectivity index (χ2v) is 6.41. The van der Waals surface area contributed by atoms with Crippen LogP contribution in [0.15, 0.2) is 24.3 Å². The Hall–Kier alpha value is -1.04. The SMILES string of the molecule is CC(C)(C)N1CC(c2ccc(Cl)cc2)[C@@H](C#N)C1. The highest BCUT2D eigenvalue weighted by atomic mass is 35.5. The zero-order valence-corrected chi connectivity index (χ0v) is 11.9. The largest absolute Gasteiger partial charge is 0.297 e. The Balaban J connectivity index is 2.23. The Bertz CT molecular complexity index is 453. The smallest absolute Gasteiger partial charge is 0.0676 e. The molecule has 2 atom stereocenters. The van der Waals surface area contributed by atoms with E-state index in [2.05, 4.69) is 31.7 Å². The van der Waals surface area contributed by atoms with E-state index in [1.54, 1.807) is 0 Å². The summed E-state index contributed by atoms with van der Waals surface area (Å²) in [5, 5.41) is 10.1. The van der Waals surface area contributed by atoms with Crippen LogP contribution in [0.4, 0.5) is 0 Å². The monoisotopic (exact) mass is 262 g/mol. The van der Waals surface area contributed by atoms with Crippen molar-refractivity contribution in [3.05, 3.63) is 34.9 Å². The van der Waals surface area contributed by atoms with Crippen molar-refractivity contribution in [2.45, 2.75) is 32.2 Å². The fraction of sp³-hybridized carbons (Fsp3) is 0.533. The molecule has 1 aliphatic heterocycles. The number of nitrogens with zero attached hydrogens (tertiary/aromatic N) is 2. The lowest BCUT2D eigenvalue weighted by atomic mass is 9.90. The average molecular weight is 263 g/mol. The predicted octanol–water partition coefficient (Wildman–Crippen LogP) is 3.68. The first-order chi connectivity index (χ1) is 8.41. The van der Waals surface area contributed by atoms with Crippen molar-refractivity contribution in [2.24, 2.45) is 5.92 Å². The number of halogens is 1. The summed E-state index contributed by atoms with van der Waals surface area (Å²) in [6, 6.07) is 10.4. The van der Waals surface area contributed by atoms with E-state index >= 15 is 0 Å². The first-order valence-electron chi connectivity index (χ1n) is 6.32. The van der Waals surface area contributed by atoms with Gasteiger partial charge in [0.2, 0.25) is 0 Å². The van der Waals surface area contributed by atoms with E-state index in [4.69, 9.17) is 11.6 Å². The molecule has 0 bridgehead atoms. The standard InChI is InChI=1S/C15H19ClN2/c1-15(2,3)18-9-12(8-17)14(10-18)11-4-6-13(16)7-5-11/h4-7,12,14H,9-10H2,1-3H3/t12-,14?/m0/s1. The van der Waals surface area contributed by atoms with Crippen LogP contribution in [-0.2, 0) is 0 Å². The van der Waals surface area contributed by atoms with Crippen LogP contribution >= 0.6 is 11.6 Å². The van der Waals surface area contributed by atoms with E-state index in [-0.39, 0.29) is 11.5 Å². The molecule has 0 amide bonds. The van der Waals surface area contributed by atoms with Gasteiger partial charge in [-0.1, -0.05) is 23.7 Å². The van der Waals surface area contributed by atoms with Crippen LogP contribution in [0.3, 0.4) is 0 Å². The molecule has 2 rings (SSSR count). The van der Waals surface area contributed by atoms with Gasteiger partial charge in [0.05, 0.1) is 12.0 Å². The van der Waals surface area contributed by atoms with Crippen LogP contribution in [0.2, 0.25) is 5.02 Å². The van der Waals surface area contributed by atoms with Crippen LogP contribution in [0, 0.1) is 17.2 Å². The maximum absolute atomic E-state index is 9.33. The minimum atomic E-state index is 0.0744. The summed E-state index contributed by atoms with van der Waals surface area (Å²) >= 11 is 5.91. The Morgan fingerprint density at radius 1 is 1.22 bits per heavy atom. The molecule has 18 heavy (non-hydrogen) atoms. The van der Waals surface area contributed by atoms with Crippen molar-refractivity contribution in [1.29, 1.82) is 5.26 Å². The Morgan fingerprint density at radius 3 is 2.33 bits per heavy atom. The molecule has 1 heterocycles. The van der Waals surface area contributed by atoms with Gasteiger partial charge >= 0.3 is 0 Å². The van der Waals surface area contributed by atoms with E-state index < -0.39 is 0 Å². The van der Waals surface area contributed by atoms with Gasteiger partial charge in [0.1, 0.15) is 0 Å². The maximum atomic E-state index is 9.33. The van der Waals surface area contributed by atoms with Gasteiger partial charge in [-0.2, -0.15) is 5.26 Å². The highest BCUT2D eigenvalue weighted by molar-refractivity contribution is 6.30. The molecule has 1 aromatic carbocycles. The summed E-state index contributed by atoms with van der Waals surface area (Å²) in [4.78, 5) is 2.39. The predicted molar refractivity (Wildman–Crippen MR) is 74.6 cm³/mol. The second kappa shape index (κ2) is 4.91. The van der Waals surface area contributed by atoms with Crippen molar-refractivity contribution in [3.8, 4) is 6.07 Å². The summed E-state index contributed by atoms with van der Waals surface area (Å²) in [6.45, 7) is 8.40. The van der Waals surface area contributed by atoms with Gasteiger partial charge in [-0.15, -0.1) is 0 Å². The third-order valence-electron chi connectivity index (χ3n) is 3.73. The maximum Gasteiger partial charge on any atom is 0.0676 e. The summed E-state index contributed by atoms with van der Waals surface area (Å²) in [6.07, 6.45) is 0. The molecule has 1 fully saturated rings. The summed E-state index contributed by atoms with van der Waals surface area (Å²) < 4.78 is 0. The zero-order chi connectivity index (χ0) is 13.3. The van der Waals surface area contributed by atoms with Crippen molar-refractivity contribution in [3.63, 3.8) is 0 Å². The fourth-order valence-corrected chi connectivity index (χ4v) is 2.66. The third-order valence-corrected chi connectivity index (χ3v) is 3.98. The van der Waals surface area contributed by atoms with E-state index in [1.807, 2.05) is 24.3 Å². The Kier molecular flexibility index (Phi) is 3.66. The molecule has 0 aromatic heterocycles. The molecule has 0 radical (unpaired) electrons. The van der Waals surface area contributed by atoms with Crippen LogP contribution < -0.4 is 0 Å². The van der Waals surface area contributed by atoms with Gasteiger partial charge in [0, 0.05) is 29.6 Å². The van der Waals surface area contributed by atoms with Gasteiger partial charge in [-0.3, -0.25) is 4.90 Å². The average Bonchev–Trinajstić information content (AvgIpc) is 2.73. The highest BCUT2D eigenvalue weighted by Gasteiger charge is 2.38. The van der Waals surface area contributed by atoms with Gasteiger partial charge in [0.15, 0.2) is 0 Å². The van der Waals surface area contributed by atoms with Crippen molar-refractivity contribution in [2.75, 3.05) is 13.1 Å². The highest BCUT2D eigenvalue weighted by Crippen LogP contribution is 2.36. The minimum Gasteiger partial charge on any atom is -0.297 e. The summed E-state index contributed by atoms with van der Waals surface area (Å²) in [5.41, 5.74) is 1.34. The molecule has 1 aliphatic rings. The molecule has 0 aliphatic carbocycles.